The van der Waals surface area contributed by atoms with Crippen LogP contribution < -0.4 is 0 Å². The van der Waals surface area contributed by atoms with Crippen LogP contribution in [0, 0.1) is 6.92 Å². The summed E-state index contributed by atoms with van der Waals surface area (Å²) in [5.74, 6) is -0.574. The molecule has 0 spiro atoms. The minimum absolute atomic E-state index is 0.0939. The number of carbonyl (C=O) groups is 1. The number of esters is 1. The largest absolute Gasteiger partial charge is 0.462 e. The number of ether oxygens (including phenoxy) is 1. The van der Waals surface area contributed by atoms with E-state index < -0.39 is 15.8 Å². The van der Waals surface area contributed by atoms with Crippen molar-refractivity contribution in [3.8, 4) is 0 Å². The van der Waals surface area contributed by atoms with Crippen LogP contribution in [0.4, 0.5) is 0 Å². The molecule has 2 aromatic rings. The smallest absolute Gasteiger partial charge is 0.343 e. The molecule has 0 unspecified atom stereocenters. The average molecular weight is 283 g/mol. The Morgan fingerprint density at radius 1 is 1.47 bits per heavy atom. The molecule has 0 aliphatic rings. The molecule has 0 aliphatic carbocycles. The predicted octanol–water partition coefficient (Wildman–Crippen LogP) is 0.618. The second-order valence-electron chi connectivity index (χ2n) is 4.02. The van der Waals surface area contributed by atoms with Gasteiger partial charge in [-0.3, -0.25) is 0 Å². The standard InChI is InChI=1S/C11H13N3O4S/c1-4-18-11(15)8-6-12-14-7(2)5-9(13-10(8)14)19(3,16)17/h5-6H,4H2,1-3H3. The number of hydrogen-bond acceptors (Lipinski definition) is 6. The van der Waals surface area contributed by atoms with Crippen LogP contribution in [0.1, 0.15) is 23.0 Å². The van der Waals surface area contributed by atoms with Crippen molar-refractivity contribution in [3.63, 3.8) is 0 Å². The van der Waals surface area contributed by atoms with Gasteiger partial charge < -0.3 is 4.74 Å². The molecular formula is C11H13N3O4S. The summed E-state index contributed by atoms with van der Waals surface area (Å²) in [4.78, 5) is 15.7. The van der Waals surface area contributed by atoms with Crippen LogP contribution >= 0.6 is 0 Å². The Balaban J connectivity index is 2.70. The quantitative estimate of drug-likeness (QED) is 0.605. The number of aryl methyl sites for hydroxylation is 1. The zero-order valence-corrected chi connectivity index (χ0v) is 11.6. The Hall–Kier alpha value is -1.96. The molecule has 2 heterocycles. The summed E-state index contributed by atoms with van der Waals surface area (Å²) in [6.45, 7) is 3.59. The van der Waals surface area contributed by atoms with Gasteiger partial charge in [0.2, 0.25) is 0 Å². The zero-order chi connectivity index (χ0) is 14.2. The molecule has 0 radical (unpaired) electrons. The van der Waals surface area contributed by atoms with E-state index >= 15 is 0 Å². The Bertz CT molecular complexity index is 749. The molecule has 0 bridgehead atoms. The fourth-order valence-corrected chi connectivity index (χ4v) is 2.26. The first-order chi connectivity index (χ1) is 8.84. The van der Waals surface area contributed by atoms with Crippen LogP contribution in [0.5, 0.6) is 0 Å². The van der Waals surface area contributed by atoms with E-state index in [1.165, 1.54) is 16.8 Å². The van der Waals surface area contributed by atoms with Crippen LogP contribution in [0.3, 0.4) is 0 Å². The number of carbonyl (C=O) groups excluding carboxylic acids is 1. The van der Waals surface area contributed by atoms with Gasteiger partial charge in [-0.15, -0.1) is 0 Å². The van der Waals surface area contributed by atoms with E-state index in [1.807, 2.05) is 0 Å². The zero-order valence-electron chi connectivity index (χ0n) is 10.7. The highest BCUT2D eigenvalue weighted by atomic mass is 32.2. The Labute approximate surface area is 110 Å². The van der Waals surface area contributed by atoms with Crippen molar-refractivity contribution in [1.29, 1.82) is 0 Å². The van der Waals surface area contributed by atoms with E-state index in [9.17, 15) is 13.2 Å². The van der Waals surface area contributed by atoms with Gasteiger partial charge >= 0.3 is 5.97 Å². The number of fused-ring (bicyclic) bond motifs is 1. The highest BCUT2D eigenvalue weighted by Crippen LogP contribution is 2.15. The summed E-state index contributed by atoms with van der Waals surface area (Å²) < 4.78 is 29.4. The number of nitrogens with zero attached hydrogens (tertiary/aromatic N) is 3. The summed E-state index contributed by atoms with van der Waals surface area (Å²) in [7, 11) is -3.45. The van der Waals surface area contributed by atoms with Crippen molar-refractivity contribution >= 4 is 21.5 Å². The molecule has 0 fully saturated rings. The normalized spacial score (nSPS) is 11.7. The summed E-state index contributed by atoms with van der Waals surface area (Å²) in [5, 5.41) is 3.91. The van der Waals surface area contributed by atoms with Crippen LogP contribution in [0.15, 0.2) is 17.3 Å². The molecule has 0 saturated heterocycles. The van der Waals surface area contributed by atoms with Crippen molar-refractivity contribution in [2.75, 3.05) is 12.9 Å². The van der Waals surface area contributed by atoms with Crippen LogP contribution in [-0.4, -0.2) is 41.8 Å². The van der Waals surface area contributed by atoms with Crippen molar-refractivity contribution in [3.05, 3.63) is 23.5 Å². The molecular weight excluding hydrogens is 270 g/mol. The first kappa shape index (κ1) is 13.5. The third-order valence-electron chi connectivity index (χ3n) is 2.50. The summed E-state index contributed by atoms with van der Waals surface area (Å²) in [6, 6.07) is 1.41. The molecule has 2 aromatic heterocycles. The van der Waals surface area contributed by atoms with E-state index in [-0.39, 0.29) is 22.8 Å². The van der Waals surface area contributed by atoms with Crippen LogP contribution in [0.25, 0.3) is 5.65 Å². The predicted molar refractivity (Wildman–Crippen MR) is 66.8 cm³/mol. The minimum atomic E-state index is -3.45. The first-order valence-electron chi connectivity index (χ1n) is 5.57. The molecule has 0 atom stereocenters. The SMILES string of the molecule is CCOC(=O)c1cnn2c(C)cc(S(C)(=O)=O)nc12. The lowest BCUT2D eigenvalue weighted by Gasteiger charge is -2.04. The summed E-state index contributed by atoms with van der Waals surface area (Å²) in [6.07, 6.45) is 2.38. The highest BCUT2D eigenvalue weighted by molar-refractivity contribution is 7.90. The van der Waals surface area contributed by atoms with Gasteiger partial charge in [0.25, 0.3) is 0 Å². The molecule has 0 amide bonds. The maximum atomic E-state index is 11.7. The summed E-state index contributed by atoms with van der Waals surface area (Å²) >= 11 is 0. The second-order valence-corrected chi connectivity index (χ2v) is 5.98. The van der Waals surface area contributed by atoms with Gasteiger partial charge in [0, 0.05) is 11.9 Å². The molecule has 2 rings (SSSR count). The lowest BCUT2D eigenvalue weighted by atomic mass is 10.3. The molecule has 0 saturated carbocycles. The molecule has 0 N–H and O–H groups in total. The maximum Gasteiger partial charge on any atom is 0.343 e. The Kier molecular flexibility index (Phi) is 3.27. The number of hydrogen-bond donors (Lipinski definition) is 0. The minimum Gasteiger partial charge on any atom is -0.462 e. The Morgan fingerprint density at radius 3 is 2.74 bits per heavy atom. The van der Waals surface area contributed by atoms with E-state index in [1.54, 1.807) is 13.8 Å². The van der Waals surface area contributed by atoms with Gasteiger partial charge in [-0.1, -0.05) is 0 Å². The molecule has 0 aromatic carbocycles. The monoisotopic (exact) mass is 283 g/mol. The molecule has 7 nitrogen and oxygen atoms in total. The van der Waals surface area contributed by atoms with Gasteiger partial charge in [-0.05, 0) is 19.9 Å². The lowest BCUT2D eigenvalue weighted by Crippen LogP contribution is -2.08. The van der Waals surface area contributed by atoms with Gasteiger partial charge in [0.05, 0.1) is 12.8 Å². The average Bonchev–Trinajstić information content (AvgIpc) is 2.72. The Morgan fingerprint density at radius 2 is 2.16 bits per heavy atom. The third-order valence-corrected chi connectivity index (χ3v) is 3.47. The molecule has 19 heavy (non-hydrogen) atoms. The van der Waals surface area contributed by atoms with Crippen molar-refractivity contribution in [2.45, 2.75) is 18.9 Å². The van der Waals surface area contributed by atoms with Gasteiger partial charge in [-0.2, -0.15) is 5.10 Å². The maximum absolute atomic E-state index is 11.7. The fraction of sp³-hybridized carbons (Fsp3) is 0.364. The van der Waals surface area contributed by atoms with E-state index in [2.05, 4.69) is 10.1 Å². The molecule has 8 heteroatoms. The van der Waals surface area contributed by atoms with Gasteiger partial charge in [0.15, 0.2) is 20.5 Å². The van der Waals surface area contributed by atoms with Gasteiger partial charge in [0.1, 0.15) is 5.56 Å². The topological polar surface area (TPSA) is 90.6 Å². The third kappa shape index (κ3) is 2.43. The number of rotatable bonds is 3. The fourth-order valence-electron chi connectivity index (χ4n) is 1.63. The van der Waals surface area contributed by atoms with Crippen molar-refractivity contribution in [1.82, 2.24) is 14.6 Å². The molecule has 102 valence electrons. The molecule has 0 aliphatic heterocycles. The van der Waals surface area contributed by atoms with Crippen molar-refractivity contribution in [2.24, 2.45) is 0 Å². The van der Waals surface area contributed by atoms with E-state index in [4.69, 9.17) is 4.74 Å². The summed E-state index contributed by atoms with van der Waals surface area (Å²) in [5.41, 5.74) is 0.898. The first-order valence-corrected chi connectivity index (χ1v) is 7.46. The number of aromatic nitrogens is 3. The van der Waals surface area contributed by atoms with Crippen LogP contribution in [0.2, 0.25) is 0 Å². The number of sulfone groups is 1. The van der Waals surface area contributed by atoms with Crippen molar-refractivity contribution < 1.29 is 17.9 Å². The van der Waals surface area contributed by atoms with E-state index in [0.29, 0.717) is 5.69 Å². The van der Waals surface area contributed by atoms with Gasteiger partial charge in [-0.25, -0.2) is 22.7 Å². The van der Waals surface area contributed by atoms with E-state index in [0.717, 1.165) is 6.26 Å². The van der Waals surface area contributed by atoms with Crippen LogP contribution in [-0.2, 0) is 14.6 Å². The second kappa shape index (κ2) is 4.61. The lowest BCUT2D eigenvalue weighted by molar-refractivity contribution is 0.0528. The highest BCUT2D eigenvalue weighted by Gasteiger charge is 2.19.